The smallest absolute Gasteiger partial charge is 0.145 e. The lowest BCUT2D eigenvalue weighted by atomic mass is 10.1. The van der Waals surface area contributed by atoms with E-state index in [9.17, 15) is 4.39 Å². The first-order chi connectivity index (χ1) is 9.65. The number of nitrogens with zero attached hydrogens (tertiary/aromatic N) is 1. The van der Waals surface area contributed by atoms with Gasteiger partial charge in [0.05, 0.1) is 18.4 Å². The number of hydrogen-bond donors (Lipinski definition) is 1. The summed E-state index contributed by atoms with van der Waals surface area (Å²) < 4.78 is 19.1. The van der Waals surface area contributed by atoms with Crippen LogP contribution < -0.4 is 10.1 Å². The van der Waals surface area contributed by atoms with Gasteiger partial charge in [-0.2, -0.15) is 5.26 Å². The van der Waals surface area contributed by atoms with Gasteiger partial charge in [0.25, 0.3) is 0 Å². The summed E-state index contributed by atoms with van der Waals surface area (Å²) >= 11 is 5.92. The number of ether oxygens (including phenoxy) is 1. The minimum absolute atomic E-state index is 0.0300. The van der Waals surface area contributed by atoms with Crippen molar-refractivity contribution in [3.05, 3.63) is 58.4 Å². The first-order valence-electron chi connectivity index (χ1n) is 5.90. The number of halogens is 2. The maximum atomic E-state index is 13.9. The quantitative estimate of drug-likeness (QED) is 0.926. The average Bonchev–Trinajstić information content (AvgIpc) is 2.46. The fourth-order valence-electron chi connectivity index (χ4n) is 1.81. The van der Waals surface area contributed by atoms with Crippen molar-refractivity contribution in [1.82, 2.24) is 0 Å². The highest BCUT2D eigenvalue weighted by Crippen LogP contribution is 2.28. The Hall–Kier alpha value is -2.25. The van der Waals surface area contributed by atoms with E-state index < -0.39 is 5.82 Å². The minimum atomic E-state index is -0.511. The Morgan fingerprint density at radius 2 is 2.15 bits per heavy atom. The second-order valence-corrected chi connectivity index (χ2v) is 4.53. The third kappa shape index (κ3) is 3.01. The van der Waals surface area contributed by atoms with Crippen molar-refractivity contribution < 1.29 is 9.13 Å². The van der Waals surface area contributed by atoms with Gasteiger partial charge in [-0.15, -0.1) is 0 Å². The Balaban J connectivity index is 2.21. The SMILES string of the molecule is COc1ccc(Cl)cc1NCc1cccc(C#N)c1F. The van der Waals surface area contributed by atoms with E-state index in [1.807, 2.05) is 6.07 Å². The molecule has 0 bridgehead atoms. The van der Waals surface area contributed by atoms with Crippen LogP contribution in [0.3, 0.4) is 0 Å². The van der Waals surface area contributed by atoms with Crippen LogP contribution in [0.1, 0.15) is 11.1 Å². The highest BCUT2D eigenvalue weighted by molar-refractivity contribution is 6.30. The predicted molar refractivity (Wildman–Crippen MR) is 76.4 cm³/mol. The predicted octanol–water partition coefficient (Wildman–Crippen LogP) is 3.97. The molecule has 2 aromatic rings. The molecule has 0 radical (unpaired) electrons. The van der Waals surface area contributed by atoms with Crippen molar-refractivity contribution in [2.45, 2.75) is 6.54 Å². The van der Waals surface area contributed by atoms with Crippen LogP contribution in [0.2, 0.25) is 5.02 Å². The number of nitriles is 1. The molecule has 0 heterocycles. The number of hydrogen-bond acceptors (Lipinski definition) is 3. The van der Waals surface area contributed by atoms with E-state index in [4.69, 9.17) is 21.6 Å². The minimum Gasteiger partial charge on any atom is -0.495 e. The Kier molecular flexibility index (Phi) is 4.44. The van der Waals surface area contributed by atoms with Crippen LogP contribution in [0.5, 0.6) is 5.75 Å². The largest absolute Gasteiger partial charge is 0.495 e. The Morgan fingerprint density at radius 1 is 1.35 bits per heavy atom. The second-order valence-electron chi connectivity index (χ2n) is 4.09. The van der Waals surface area contributed by atoms with E-state index in [1.165, 1.54) is 6.07 Å². The standard InChI is InChI=1S/C15H12ClFN2O/c1-20-14-6-5-12(16)7-13(14)19-9-11-4-2-3-10(8-18)15(11)17/h2-7,19H,9H2,1H3. The summed E-state index contributed by atoms with van der Waals surface area (Å²) in [6, 6.07) is 11.7. The number of methoxy groups -OCH3 is 1. The summed E-state index contributed by atoms with van der Waals surface area (Å²) in [5.74, 6) is 0.106. The van der Waals surface area contributed by atoms with Crippen molar-refractivity contribution in [1.29, 1.82) is 5.26 Å². The molecule has 0 amide bonds. The molecule has 0 atom stereocenters. The molecule has 0 fully saturated rings. The summed E-state index contributed by atoms with van der Waals surface area (Å²) in [4.78, 5) is 0. The molecular formula is C15H12ClFN2O. The van der Waals surface area contributed by atoms with E-state index >= 15 is 0 Å². The zero-order valence-electron chi connectivity index (χ0n) is 10.8. The zero-order valence-corrected chi connectivity index (χ0v) is 11.5. The highest BCUT2D eigenvalue weighted by atomic mass is 35.5. The van der Waals surface area contributed by atoms with Gasteiger partial charge < -0.3 is 10.1 Å². The van der Waals surface area contributed by atoms with Crippen LogP contribution in [0.4, 0.5) is 10.1 Å². The van der Waals surface area contributed by atoms with Crippen molar-refractivity contribution in [3.8, 4) is 11.8 Å². The van der Waals surface area contributed by atoms with Crippen LogP contribution in [-0.2, 0) is 6.54 Å². The molecule has 102 valence electrons. The molecular weight excluding hydrogens is 279 g/mol. The highest BCUT2D eigenvalue weighted by Gasteiger charge is 2.09. The lowest BCUT2D eigenvalue weighted by Crippen LogP contribution is -2.04. The Labute approximate surface area is 121 Å². The maximum absolute atomic E-state index is 13.9. The van der Waals surface area contributed by atoms with Crippen LogP contribution in [0.25, 0.3) is 0 Å². The molecule has 0 spiro atoms. The van der Waals surface area contributed by atoms with Gasteiger partial charge in [-0.05, 0) is 24.3 Å². The molecule has 3 nitrogen and oxygen atoms in total. The van der Waals surface area contributed by atoms with E-state index in [2.05, 4.69) is 5.32 Å². The first-order valence-corrected chi connectivity index (χ1v) is 6.28. The van der Waals surface area contributed by atoms with Crippen LogP contribution in [0.15, 0.2) is 36.4 Å². The molecule has 0 aliphatic carbocycles. The van der Waals surface area contributed by atoms with Gasteiger partial charge in [-0.1, -0.05) is 23.7 Å². The van der Waals surface area contributed by atoms with E-state index in [1.54, 1.807) is 37.4 Å². The molecule has 0 aromatic heterocycles. The molecule has 2 aromatic carbocycles. The van der Waals surface area contributed by atoms with Crippen LogP contribution >= 0.6 is 11.6 Å². The second kappa shape index (κ2) is 6.27. The lowest BCUT2D eigenvalue weighted by Gasteiger charge is -2.12. The summed E-state index contributed by atoms with van der Waals surface area (Å²) in [6.45, 7) is 0.234. The van der Waals surface area contributed by atoms with E-state index in [0.29, 0.717) is 22.0 Å². The van der Waals surface area contributed by atoms with Crippen molar-refractivity contribution in [3.63, 3.8) is 0 Å². The third-order valence-corrected chi connectivity index (χ3v) is 3.07. The molecule has 20 heavy (non-hydrogen) atoms. The Bertz CT molecular complexity index is 665. The molecule has 0 saturated carbocycles. The summed E-state index contributed by atoms with van der Waals surface area (Å²) in [5.41, 5.74) is 1.11. The fourth-order valence-corrected chi connectivity index (χ4v) is 1.98. The molecule has 0 unspecified atom stereocenters. The van der Waals surface area contributed by atoms with Crippen molar-refractivity contribution >= 4 is 17.3 Å². The fraction of sp³-hybridized carbons (Fsp3) is 0.133. The topological polar surface area (TPSA) is 45.0 Å². The summed E-state index contributed by atoms with van der Waals surface area (Å²) in [7, 11) is 1.55. The first kappa shape index (κ1) is 14.2. The molecule has 0 aliphatic heterocycles. The number of nitrogens with one attached hydrogen (secondary N) is 1. The summed E-state index contributed by atoms with van der Waals surface area (Å²) in [5, 5.41) is 12.4. The van der Waals surface area contributed by atoms with Gasteiger partial charge in [0, 0.05) is 17.1 Å². The average molecular weight is 291 g/mol. The zero-order chi connectivity index (χ0) is 14.5. The van der Waals surface area contributed by atoms with Gasteiger partial charge >= 0.3 is 0 Å². The van der Waals surface area contributed by atoms with Crippen molar-refractivity contribution in [2.75, 3.05) is 12.4 Å². The van der Waals surface area contributed by atoms with Gasteiger partial charge in [-0.25, -0.2) is 4.39 Å². The van der Waals surface area contributed by atoms with Gasteiger partial charge in [0.1, 0.15) is 17.6 Å². The normalized spacial score (nSPS) is 9.90. The third-order valence-electron chi connectivity index (χ3n) is 2.83. The molecule has 0 saturated heterocycles. The van der Waals surface area contributed by atoms with Crippen molar-refractivity contribution in [2.24, 2.45) is 0 Å². The van der Waals surface area contributed by atoms with Gasteiger partial charge in [-0.3, -0.25) is 0 Å². The van der Waals surface area contributed by atoms with Crippen LogP contribution in [-0.4, -0.2) is 7.11 Å². The Morgan fingerprint density at radius 3 is 2.85 bits per heavy atom. The van der Waals surface area contributed by atoms with E-state index in [0.717, 1.165) is 0 Å². The molecule has 0 aliphatic rings. The van der Waals surface area contributed by atoms with Gasteiger partial charge in [0.2, 0.25) is 0 Å². The van der Waals surface area contributed by atoms with Crippen LogP contribution in [0, 0.1) is 17.1 Å². The lowest BCUT2D eigenvalue weighted by molar-refractivity contribution is 0.416. The number of anilines is 1. The summed E-state index contributed by atoms with van der Waals surface area (Å²) in [6.07, 6.45) is 0. The number of benzene rings is 2. The monoisotopic (exact) mass is 290 g/mol. The molecule has 5 heteroatoms. The number of rotatable bonds is 4. The maximum Gasteiger partial charge on any atom is 0.145 e. The molecule has 1 N–H and O–H groups in total. The molecule has 2 rings (SSSR count). The van der Waals surface area contributed by atoms with E-state index in [-0.39, 0.29) is 12.1 Å². The van der Waals surface area contributed by atoms with Gasteiger partial charge in [0.15, 0.2) is 0 Å².